The van der Waals surface area contributed by atoms with Gasteiger partial charge in [0, 0.05) is 24.6 Å². The fourth-order valence-electron chi connectivity index (χ4n) is 4.32. The zero-order chi connectivity index (χ0) is 21.4. The van der Waals surface area contributed by atoms with Crippen LogP contribution in [-0.4, -0.2) is 41.2 Å². The number of aromatic hydroxyl groups is 1. The van der Waals surface area contributed by atoms with Crippen LogP contribution in [-0.2, 0) is 4.79 Å². The summed E-state index contributed by atoms with van der Waals surface area (Å²) >= 11 is 0. The zero-order valence-corrected chi connectivity index (χ0v) is 16.8. The number of phenols is 1. The second-order valence-electron chi connectivity index (χ2n) is 7.82. The van der Waals surface area contributed by atoms with Gasteiger partial charge in [-0.2, -0.15) is 10.2 Å². The largest absolute Gasteiger partial charge is 0.504 e. The number of carbonyl (C=O) groups is 1. The fourth-order valence-corrected chi connectivity index (χ4v) is 4.32. The summed E-state index contributed by atoms with van der Waals surface area (Å²) in [6.07, 6.45) is 2.11. The third kappa shape index (κ3) is 3.24. The molecule has 3 N–H and O–H groups in total. The molecule has 0 radical (unpaired) electrons. The van der Waals surface area contributed by atoms with Gasteiger partial charge in [0.2, 0.25) is 11.9 Å². The number of anilines is 2. The second kappa shape index (κ2) is 7.71. The van der Waals surface area contributed by atoms with Gasteiger partial charge in [-0.3, -0.25) is 14.6 Å². The Labute approximate surface area is 173 Å². The molecule has 9 nitrogen and oxygen atoms in total. The normalized spacial score (nSPS) is 23.3. The van der Waals surface area contributed by atoms with Crippen LogP contribution in [0, 0.1) is 23.2 Å². The van der Waals surface area contributed by atoms with Crippen molar-refractivity contribution in [3.63, 3.8) is 0 Å². The smallest absolute Gasteiger partial charge is 0.258 e. The van der Waals surface area contributed by atoms with Gasteiger partial charge in [-0.05, 0) is 24.8 Å². The van der Waals surface area contributed by atoms with Gasteiger partial charge in [0.1, 0.15) is 11.7 Å². The molecular formula is C21H23N5O4. The maximum absolute atomic E-state index is 13.1. The summed E-state index contributed by atoms with van der Waals surface area (Å²) in [5.74, 6) is -1.75. The number of fused-ring (bicyclic) bond motifs is 1. The average molecular weight is 409 g/mol. The van der Waals surface area contributed by atoms with Crippen molar-refractivity contribution in [3.8, 4) is 17.6 Å². The molecule has 1 aromatic carbocycles. The topological polar surface area (TPSA) is 131 Å². The van der Waals surface area contributed by atoms with Crippen LogP contribution in [0.15, 0.2) is 23.0 Å². The number of rotatable bonds is 3. The number of piperidine rings is 1. The first-order valence-corrected chi connectivity index (χ1v) is 9.90. The number of hydrogen-bond acceptors (Lipinski definition) is 7. The number of methoxy groups -OCH3 is 1. The number of nitrogens with zero attached hydrogens (tertiary/aromatic N) is 3. The second-order valence-corrected chi connectivity index (χ2v) is 7.82. The minimum absolute atomic E-state index is 0.121. The molecule has 156 valence electrons. The Morgan fingerprint density at radius 1 is 1.37 bits per heavy atom. The molecule has 30 heavy (non-hydrogen) atoms. The third-order valence-corrected chi connectivity index (χ3v) is 5.79. The summed E-state index contributed by atoms with van der Waals surface area (Å²) in [4.78, 5) is 35.1. The maximum Gasteiger partial charge on any atom is 0.258 e. The number of para-hydroxylation sites is 1. The predicted molar refractivity (Wildman–Crippen MR) is 110 cm³/mol. The van der Waals surface area contributed by atoms with E-state index in [0.717, 1.165) is 25.9 Å². The summed E-state index contributed by atoms with van der Waals surface area (Å²) in [5, 5.41) is 22.9. The van der Waals surface area contributed by atoms with Crippen LogP contribution in [0.2, 0.25) is 0 Å². The first-order chi connectivity index (χ1) is 14.4. The molecule has 0 aliphatic carbocycles. The molecule has 1 fully saturated rings. The molecule has 0 saturated carbocycles. The summed E-state index contributed by atoms with van der Waals surface area (Å²) in [6.45, 7) is 3.67. The highest BCUT2D eigenvalue weighted by molar-refractivity contribution is 5.98. The van der Waals surface area contributed by atoms with Crippen LogP contribution in [0.5, 0.6) is 11.5 Å². The van der Waals surface area contributed by atoms with Gasteiger partial charge < -0.3 is 20.1 Å². The number of nitriles is 1. The van der Waals surface area contributed by atoms with E-state index in [-0.39, 0.29) is 28.4 Å². The molecule has 2 aliphatic rings. The number of ether oxygens (including phenoxy) is 1. The van der Waals surface area contributed by atoms with Crippen LogP contribution in [0.3, 0.4) is 0 Å². The molecule has 4 rings (SSSR count). The third-order valence-electron chi connectivity index (χ3n) is 5.79. The van der Waals surface area contributed by atoms with E-state index in [2.05, 4.69) is 22.2 Å². The zero-order valence-electron chi connectivity index (χ0n) is 16.8. The minimum Gasteiger partial charge on any atom is -0.504 e. The lowest BCUT2D eigenvalue weighted by Crippen LogP contribution is -2.41. The van der Waals surface area contributed by atoms with E-state index in [4.69, 9.17) is 4.74 Å². The highest BCUT2D eigenvalue weighted by atomic mass is 16.5. The van der Waals surface area contributed by atoms with Gasteiger partial charge in [-0.25, -0.2) is 0 Å². The highest BCUT2D eigenvalue weighted by Gasteiger charge is 2.42. The van der Waals surface area contributed by atoms with E-state index in [1.807, 2.05) is 11.0 Å². The van der Waals surface area contributed by atoms with E-state index in [0.29, 0.717) is 11.9 Å². The molecular weight excluding hydrogens is 386 g/mol. The summed E-state index contributed by atoms with van der Waals surface area (Å²) in [5.41, 5.74) is -0.0251. The predicted octanol–water partition coefficient (Wildman–Crippen LogP) is 1.94. The van der Waals surface area contributed by atoms with Crippen molar-refractivity contribution in [2.45, 2.75) is 25.7 Å². The molecule has 9 heteroatoms. The summed E-state index contributed by atoms with van der Waals surface area (Å²) in [7, 11) is 1.41. The van der Waals surface area contributed by atoms with Gasteiger partial charge in [-0.1, -0.05) is 19.1 Å². The number of hydrogen-bond donors (Lipinski definition) is 3. The van der Waals surface area contributed by atoms with Crippen LogP contribution in [0.25, 0.3) is 0 Å². The summed E-state index contributed by atoms with van der Waals surface area (Å²) < 4.78 is 5.16. The Bertz CT molecular complexity index is 1090. The van der Waals surface area contributed by atoms with E-state index in [9.17, 15) is 20.0 Å². The number of amides is 1. The fraction of sp³-hybridized carbons (Fsp3) is 0.429. The molecule has 1 amide bonds. The van der Waals surface area contributed by atoms with Crippen molar-refractivity contribution >= 4 is 17.7 Å². The van der Waals surface area contributed by atoms with Gasteiger partial charge in [0.25, 0.3) is 5.56 Å². The van der Waals surface area contributed by atoms with E-state index < -0.39 is 23.3 Å². The monoisotopic (exact) mass is 409 g/mol. The van der Waals surface area contributed by atoms with Crippen LogP contribution in [0.1, 0.15) is 36.8 Å². The molecule has 1 saturated heterocycles. The molecule has 3 atom stereocenters. The standard InChI is InChI=1S/C21H23N5O4/c1-11-5-4-8-26(10-11)21-24-18-16(20(29)25-21)15(13(9-22)19(28)23-18)12-6-3-7-14(30-2)17(12)27/h3,6-7,11,13,15,27H,4-5,8,10H2,1-2H3,(H2,23,24,25,28,29). The van der Waals surface area contributed by atoms with Crippen molar-refractivity contribution in [2.75, 3.05) is 30.4 Å². The van der Waals surface area contributed by atoms with E-state index >= 15 is 0 Å². The molecule has 2 aromatic rings. The average Bonchev–Trinajstić information content (AvgIpc) is 2.73. The first kappa shape index (κ1) is 19.8. The van der Waals surface area contributed by atoms with Crippen molar-refractivity contribution < 1.29 is 14.6 Å². The van der Waals surface area contributed by atoms with E-state index in [1.54, 1.807) is 18.2 Å². The van der Waals surface area contributed by atoms with Gasteiger partial charge >= 0.3 is 0 Å². The molecule has 3 unspecified atom stereocenters. The van der Waals surface area contributed by atoms with Gasteiger partial charge in [0.05, 0.1) is 18.7 Å². The Morgan fingerprint density at radius 3 is 2.87 bits per heavy atom. The number of carbonyl (C=O) groups excluding carboxylic acids is 1. The Kier molecular flexibility index (Phi) is 5.08. The number of benzene rings is 1. The number of aromatic amines is 1. The molecule has 3 heterocycles. The first-order valence-electron chi connectivity index (χ1n) is 9.90. The van der Waals surface area contributed by atoms with Crippen molar-refractivity contribution in [1.29, 1.82) is 5.26 Å². The van der Waals surface area contributed by atoms with Crippen molar-refractivity contribution in [3.05, 3.63) is 39.7 Å². The van der Waals surface area contributed by atoms with Crippen LogP contribution >= 0.6 is 0 Å². The minimum atomic E-state index is -1.20. The molecule has 0 bridgehead atoms. The highest BCUT2D eigenvalue weighted by Crippen LogP contribution is 2.44. The lowest BCUT2D eigenvalue weighted by molar-refractivity contribution is -0.119. The molecule has 1 aromatic heterocycles. The number of aromatic nitrogens is 2. The van der Waals surface area contributed by atoms with Crippen molar-refractivity contribution in [1.82, 2.24) is 9.97 Å². The van der Waals surface area contributed by atoms with Crippen LogP contribution < -0.4 is 20.5 Å². The number of H-pyrrole nitrogens is 1. The van der Waals surface area contributed by atoms with Gasteiger partial charge in [-0.15, -0.1) is 0 Å². The summed E-state index contributed by atoms with van der Waals surface area (Å²) in [6, 6.07) is 6.74. The quantitative estimate of drug-likeness (QED) is 0.706. The van der Waals surface area contributed by atoms with Crippen molar-refractivity contribution in [2.24, 2.45) is 11.8 Å². The van der Waals surface area contributed by atoms with Gasteiger partial charge in [0.15, 0.2) is 11.5 Å². The Balaban J connectivity index is 1.86. The molecule has 0 spiro atoms. The maximum atomic E-state index is 13.1. The lowest BCUT2D eigenvalue weighted by atomic mass is 9.78. The number of nitrogens with one attached hydrogen (secondary N) is 2. The molecule has 2 aliphatic heterocycles. The Hall–Kier alpha value is -3.54. The number of phenolic OH excluding ortho intramolecular Hbond substituents is 1. The van der Waals surface area contributed by atoms with Crippen LogP contribution in [0.4, 0.5) is 11.8 Å². The Morgan fingerprint density at radius 2 is 2.17 bits per heavy atom. The lowest BCUT2D eigenvalue weighted by Gasteiger charge is -2.33. The SMILES string of the molecule is COc1cccc(C2c3c(nc(N4CCCC(C)C4)[nH]c3=O)NC(=O)C2C#N)c1O. The van der Waals surface area contributed by atoms with E-state index in [1.165, 1.54) is 7.11 Å².